The fourth-order valence-electron chi connectivity index (χ4n) is 1.93. The van der Waals surface area contributed by atoms with E-state index < -0.39 is 18.1 Å². The van der Waals surface area contributed by atoms with Crippen LogP contribution in [-0.4, -0.2) is 40.4 Å². The molecule has 0 spiro atoms. The minimum Gasteiger partial charge on any atom is -0.465 e. The van der Waals surface area contributed by atoms with Gasteiger partial charge in [0.2, 0.25) is 5.92 Å². The molecule has 0 aromatic rings. The third-order valence-corrected chi connectivity index (χ3v) is 2.77. The normalized spacial score (nSPS) is 20.4. The number of carbonyl (C=O) groups is 2. The monoisotopic (exact) mass is 235 g/mol. The zero-order chi connectivity index (χ0) is 12.3. The summed E-state index contributed by atoms with van der Waals surface area (Å²) in [4.78, 5) is 22.7. The number of ketones is 1. The molecule has 1 aliphatic carbocycles. The Morgan fingerprint density at radius 2 is 1.88 bits per heavy atom. The van der Waals surface area contributed by atoms with Crippen molar-refractivity contribution in [3.05, 3.63) is 0 Å². The van der Waals surface area contributed by atoms with Crippen LogP contribution in [0.1, 0.15) is 32.6 Å². The van der Waals surface area contributed by atoms with E-state index in [4.69, 9.17) is 5.11 Å². The molecule has 0 aromatic heterocycles. The molecule has 1 saturated carbocycles. The number of nitrogens with zero attached hydrogens (tertiary/aromatic N) is 1. The molecule has 0 aromatic carbocycles. The van der Waals surface area contributed by atoms with E-state index in [1.165, 1.54) is 6.92 Å². The predicted molar refractivity (Wildman–Crippen MR) is 52.6 cm³/mol. The van der Waals surface area contributed by atoms with E-state index in [0.29, 0.717) is 0 Å². The van der Waals surface area contributed by atoms with E-state index in [-0.39, 0.29) is 38.0 Å². The first-order valence-corrected chi connectivity index (χ1v) is 5.19. The largest absolute Gasteiger partial charge is 0.465 e. The van der Waals surface area contributed by atoms with Crippen LogP contribution in [0.3, 0.4) is 0 Å². The molecule has 0 bridgehead atoms. The fraction of sp³-hybridized carbons (Fsp3) is 0.800. The first-order chi connectivity index (χ1) is 7.32. The molecule has 0 saturated heterocycles. The number of carboxylic acid groups (broad SMARTS) is 1. The van der Waals surface area contributed by atoms with Crippen molar-refractivity contribution in [2.45, 2.75) is 44.6 Å². The van der Waals surface area contributed by atoms with Gasteiger partial charge in [0, 0.05) is 18.9 Å². The lowest BCUT2D eigenvalue weighted by atomic mass is 9.91. The van der Waals surface area contributed by atoms with Gasteiger partial charge in [-0.25, -0.2) is 13.6 Å². The van der Waals surface area contributed by atoms with Gasteiger partial charge >= 0.3 is 6.09 Å². The van der Waals surface area contributed by atoms with E-state index in [1.807, 2.05) is 0 Å². The van der Waals surface area contributed by atoms with Gasteiger partial charge in [0.15, 0.2) is 0 Å². The zero-order valence-electron chi connectivity index (χ0n) is 9.08. The highest BCUT2D eigenvalue weighted by atomic mass is 19.3. The Morgan fingerprint density at radius 1 is 1.38 bits per heavy atom. The molecule has 1 amide bonds. The van der Waals surface area contributed by atoms with Crippen molar-refractivity contribution in [3.8, 4) is 0 Å². The van der Waals surface area contributed by atoms with E-state index in [9.17, 15) is 18.4 Å². The van der Waals surface area contributed by atoms with Gasteiger partial charge < -0.3 is 5.11 Å². The van der Waals surface area contributed by atoms with Gasteiger partial charge in [-0.2, -0.15) is 0 Å². The molecule has 1 fully saturated rings. The van der Waals surface area contributed by atoms with Crippen LogP contribution >= 0.6 is 0 Å². The molecule has 0 heterocycles. The van der Waals surface area contributed by atoms with Crippen LogP contribution in [0.15, 0.2) is 0 Å². The molecule has 1 N–H and O–H groups in total. The standard InChI is InChI=1S/C10H15F2NO3/c1-7(14)6-13(9(15)16)8-2-4-10(11,12)5-3-8/h8H,2-6H2,1H3,(H,15,16). The number of alkyl halides is 2. The number of halogens is 2. The zero-order valence-corrected chi connectivity index (χ0v) is 9.08. The lowest BCUT2D eigenvalue weighted by Gasteiger charge is -2.34. The van der Waals surface area contributed by atoms with Gasteiger partial charge in [-0.15, -0.1) is 0 Å². The molecule has 0 radical (unpaired) electrons. The summed E-state index contributed by atoms with van der Waals surface area (Å²) in [6.07, 6.45) is -1.59. The Kier molecular flexibility index (Phi) is 3.83. The number of hydrogen-bond acceptors (Lipinski definition) is 2. The average Bonchev–Trinajstić information content (AvgIpc) is 2.14. The molecule has 92 valence electrons. The van der Waals surface area contributed by atoms with Crippen molar-refractivity contribution in [1.82, 2.24) is 4.90 Å². The van der Waals surface area contributed by atoms with Gasteiger partial charge in [-0.1, -0.05) is 0 Å². The van der Waals surface area contributed by atoms with Crippen LogP contribution in [0.25, 0.3) is 0 Å². The SMILES string of the molecule is CC(=O)CN(C(=O)O)C1CCC(F)(F)CC1. The highest BCUT2D eigenvalue weighted by Crippen LogP contribution is 2.35. The van der Waals surface area contributed by atoms with Crippen LogP contribution in [-0.2, 0) is 4.79 Å². The highest BCUT2D eigenvalue weighted by molar-refractivity contribution is 5.81. The first-order valence-electron chi connectivity index (χ1n) is 5.19. The molecular formula is C10H15F2NO3. The minimum atomic E-state index is -2.68. The Morgan fingerprint density at radius 3 is 2.25 bits per heavy atom. The summed E-state index contributed by atoms with van der Waals surface area (Å²) in [5, 5.41) is 8.89. The van der Waals surface area contributed by atoms with Crippen LogP contribution in [0.2, 0.25) is 0 Å². The summed E-state index contributed by atoms with van der Waals surface area (Å²) < 4.78 is 25.7. The Bertz CT molecular complexity index is 284. The van der Waals surface area contributed by atoms with Crippen molar-refractivity contribution in [2.24, 2.45) is 0 Å². The van der Waals surface area contributed by atoms with Crippen LogP contribution < -0.4 is 0 Å². The van der Waals surface area contributed by atoms with Gasteiger partial charge in [0.1, 0.15) is 5.78 Å². The second-order valence-corrected chi connectivity index (χ2v) is 4.20. The van der Waals surface area contributed by atoms with E-state index >= 15 is 0 Å². The van der Waals surface area contributed by atoms with Crippen molar-refractivity contribution >= 4 is 11.9 Å². The highest BCUT2D eigenvalue weighted by Gasteiger charge is 2.38. The van der Waals surface area contributed by atoms with Crippen molar-refractivity contribution in [2.75, 3.05) is 6.54 Å². The molecular weight excluding hydrogens is 220 g/mol. The average molecular weight is 235 g/mol. The van der Waals surface area contributed by atoms with Gasteiger partial charge in [-0.05, 0) is 19.8 Å². The van der Waals surface area contributed by atoms with Gasteiger partial charge in [-0.3, -0.25) is 9.69 Å². The van der Waals surface area contributed by atoms with Gasteiger partial charge in [0.05, 0.1) is 6.54 Å². The molecule has 6 heteroatoms. The molecule has 16 heavy (non-hydrogen) atoms. The molecule has 0 atom stereocenters. The quantitative estimate of drug-likeness (QED) is 0.815. The first kappa shape index (κ1) is 12.9. The van der Waals surface area contributed by atoms with Crippen LogP contribution in [0.5, 0.6) is 0 Å². The van der Waals surface area contributed by atoms with Crippen molar-refractivity contribution in [1.29, 1.82) is 0 Å². The Labute approximate surface area is 92.2 Å². The second kappa shape index (κ2) is 4.76. The fourth-order valence-corrected chi connectivity index (χ4v) is 1.93. The lowest BCUT2D eigenvalue weighted by molar-refractivity contribution is -0.118. The minimum absolute atomic E-state index is 0.118. The van der Waals surface area contributed by atoms with Gasteiger partial charge in [0.25, 0.3) is 0 Å². The second-order valence-electron chi connectivity index (χ2n) is 4.20. The topological polar surface area (TPSA) is 57.6 Å². The summed E-state index contributed by atoms with van der Waals surface area (Å²) in [5.41, 5.74) is 0. The maximum atomic E-state index is 12.9. The Balaban J connectivity index is 2.60. The molecule has 4 nitrogen and oxygen atoms in total. The summed E-state index contributed by atoms with van der Waals surface area (Å²) in [5.74, 6) is -2.96. The number of carbonyl (C=O) groups excluding carboxylic acids is 1. The number of amides is 1. The third-order valence-electron chi connectivity index (χ3n) is 2.77. The van der Waals surface area contributed by atoms with Crippen molar-refractivity contribution < 1.29 is 23.5 Å². The number of Topliss-reactive ketones (excluding diaryl/α,β-unsaturated/α-hetero) is 1. The maximum absolute atomic E-state index is 12.9. The summed E-state index contributed by atoms with van der Waals surface area (Å²) >= 11 is 0. The molecule has 1 aliphatic rings. The summed E-state index contributed by atoms with van der Waals surface area (Å²) in [7, 11) is 0. The molecule has 0 aliphatic heterocycles. The van der Waals surface area contributed by atoms with Crippen LogP contribution in [0, 0.1) is 0 Å². The van der Waals surface area contributed by atoms with E-state index in [0.717, 1.165) is 4.90 Å². The van der Waals surface area contributed by atoms with E-state index in [2.05, 4.69) is 0 Å². The third kappa shape index (κ3) is 3.43. The predicted octanol–water partition coefficient (Wildman–Crippen LogP) is 2.13. The number of rotatable bonds is 3. The maximum Gasteiger partial charge on any atom is 0.407 e. The molecule has 1 rings (SSSR count). The molecule has 0 unspecified atom stereocenters. The lowest BCUT2D eigenvalue weighted by Crippen LogP contribution is -2.45. The van der Waals surface area contributed by atoms with E-state index in [1.54, 1.807) is 0 Å². The van der Waals surface area contributed by atoms with Crippen LogP contribution in [0.4, 0.5) is 13.6 Å². The number of hydrogen-bond donors (Lipinski definition) is 1. The van der Waals surface area contributed by atoms with Crippen molar-refractivity contribution in [3.63, 3.8) is 0 Å². The summed E-state index contributed by atoms with van der Waals surface area (Å²) in [6, 6.07) is -0.457. The smallest absolute Gasteiger partial charge is 0.407 e. The summed E-state index contributed by atoms with van der Waals surface area (Å²) in [6.45, 7) is 1.07. The Hall–Kier alpha value is -1.20.